The van der Waals surface area contributed by atoms with Crippen molar-refractivity contribution >= 4 is 0 Å². The summed E-state index contributed by atoms with van der Waals surface area (Å²) in [7, 11) is 0. The molecule has 80 valence electrons. The van der Waals surface area contributed by atoms with Gasteiger partial charge in [0.05, 0.1) is 5.54 Å². The SMILES string of the molecule is C#CC(C)(C)NCC(C)c1ccccc1. The third-order valence-electron chi connectivity index (χ3n) is 2.58. The second-order valence-electron chi connectivity index (χ2n) is 4.46. The third-order valence-corrected chi connectivity index (χ3v) is 2.58. The van der Waals surface area contributed by atoms with E-state index in [9.17, 15) is 0 Å². The second-order valence-corrected chi connectivity index (χ2v) is 4.46. The summed E-state index contributed by atoms with van der Waals surface area (Å²) in [5.41, 5.74) is 1.13. The van der Waals surface area contributed by atoms with Crippen LogP contribution in [0.1, 0.15) is 32.3 Å². The lowest BCUT2D eigenvalue weighted by molar-refractivity contribution is 0.470. The molecule has 0 aliphatic heterocycles. The van der Waals surface area contributed by atoms with Gasteiger partial charge in [-0.1, -0.05) is 43.2 Å². The first-order chi connectivity index (χ1) is 7.05. The van der Waals surface area contributed by atoms with Gasteiger partial charge >= 0.3 is 0 Å². The number of terminal acetylenes is 1. The lowest BCUT2D eigenvalue weighted by Crippen LogP contribution is -2.39. The average molecular weight is 201 g/mol. The minimum absolute atomic E-state index is 0.219. The quantitative estimate of drug-likeness (QED) is 0.739. The molecule has 1 unspecified atom stereocenters. The van der Waals surface area contributed by atoms with Gasteiger partial charge in [-0.05, 0) is 25.3 Å². The van der Waals surface area contributed by atoms with Crippen molar-refractivity contribution in [3.63, 3.8) is 0 Å². The highest BCUT2D eigenvalue weighted by Gasteiger charge is 2.14. The van der Waals surface area contributed by atoms with E-state index >= 15 is 0 Å². The molecule has 0 saturated carbocycles. The van der Waals surface area contributed by atoms with Crippen molar-refractivity contribution in [1.29, 1.82) is 0 Å². The van der Waals surface area contributed by atoms with Crippen molar-refractivity contribution in [1.82, 2.24) is 5.32 Å². The topological polar surface area (TPSA) is 12.0 Å². The van der Waals surface area contributed by atoms with Crippen LogP contribution in [0.5, 0.6) is 0 Å². The largest absolute Gasteiger partial charge is 0.301 e. The molecular weight excluding hydrogens is 182 g/mol. The Kier molecular flexibility index (Phi) is 3.94. The minimum atomic E-state index is -0.219. The highest BCUT2D eigenvalue weighted by atomic mass is 14.9. The van der Waals surface area contributed by atoms with E-state index in [-0.39, 0.29) is 5.54 Å². The Labute approximate surface area is 92.9 Å². The normalized spacial score (nSPS) is 13.2. The van der Waals surface area contributed by atoms with Crippen LogP contribution in [-0.4, -0.2) is 12.1 Å². The number of hydrogen-bond acceptors (Lipinski definition) is 1. The van der Waals surface area contributed by atoms with Gasteiger partial charge in [-0.2, -0.15) is 0 Å². The molecule has 0 fully saturated rings. The number of hydrogen-bond donors (Lipinski definition) is 1. The summed E-state index contributed by atoms with van der Waals surface area (Å²) >= 11 is 0. The maximum atomic E-state index is 5.42. The maximum Gasteiger partial charge on any atom is 0.0741 e. The van der Waals surface area contributed by atoms with Crippen LogP contribution in [0.2, 0.25) is 0 Å². The molecule has 0 spiro atoms. The van der Waals surface area contributed by atoms with E-state index in [2.05, 4.69) is 42.4 Å². The van der Waals surface area contributed by atoms with Crippen LogP contribution in [0.15, 0.2) is 30.3 Å². The fourth-order valence-corrected chi connectivity index (χ4v) is 1.36. The summed E-state index contributed by atoms with van der Waals surface area (Å²) in [4.78, 5) is 0. The fraction of sp³-hybridized carbons (Fsp3) is 0.429. The summed E-state index contributed by atoms with van der Waals surface area (Å²) in [5, 5.41) is 3.37. The first-order valence-corrected chi connectivity index (χ1v) is 5.33. The molecule has 0 bridgehead atoms. The molecule has 1 nitrogen and oxygen atoms in total. The molecule has 1 aromatic rings. The predicted octanol–water partition coefficient (Wildman–Crippen LogP) is 2.79. The van der Waals surface area contributed by atoms with Crippen LogP contribution in [-0.2, 0) is 0 Å². The van der Waals surface area contributed by atoms with Crippen molar-refractivity contribution < 1.29 is 0 Å². The molecule has 1 aromatic carbocycles. The number of rotatable bonds is 4. The van der Waals surface area contributed by atoms with Gasteiger partial charge in [-0.25, -0.2) is 0 Å². The summed E-state index contributed by atoms with van der Waals surface area (Å²) in [6, 6.07) is 10.5. The van der Waals surface area contributed by atoms with E-state index < -0.39 is 0 Å². The Morgan fingerprint density at radius 1 is 1.33 bits per heavy atom. The highest BCUT2D eigenvalue weighted by molar-refractivity contribution is 5.19. The van der Waals surface area contributed by atoms with Crippen molar-refractivity contribution in [3.8, 4) is 12.3 Å². The van der Waals surface area contributed by atoms with Crippen molar-refractivity contribution in [3.05, 3.63) is 35.9 Å². The number of nitrogens with one attached hydrogen (secondary N) is 1. The molecule has 0 aliphatic carbocycles. The molecule has 0 aliphatic rings. The zero-order valence-corrected chi connectivity index (χ0v) is 9.75. The number of benzene rings is 1. The van der Waals surface area contributed by atoms with Gasteiger partial charge in [0.2, 0.25) is 0 Å². The van der Waals surface area contributed by atoms with E-state index in [0.717, 1.165) is 6.54 Å². The summed E-state index contributed by atoms with van der Waals surface area (Å²) < 4.78 is 0. The zero-order chi connectivity index (χ0) is 11.3. The molecular formula is C14H19N. The molecule has 1 rings (SSSR count). The summed E-state index contributed by atoms with van der Waals surface area (Å²) in [6.45, 7) is 7.14. The molecule has 0 aromatic heterocycles. The monoisotopic (exact) mass is 201 g/mol. The average Bonchev–Trinajstić information content (AvgIpc) is 2.27. The van der Waals surface area contributed by atoms with Crippen molar-refractivity contribution in [2.45, 2.75) is 32.2 Å². The van der Waals surface area contributed by atoms with Gasteiger partial charge in [0.1, 0.15) is 0 Å². The lowest BCUT2D eigenvalue weighted by atomic mass is 9.99. The van der Waals surface area contributed by atoms with E-state index in [1.807, 2.05) is 19.9 Å². The van der Waals surface area contributed by atoms with Crippen molar-refractivity contribution in [2.75, 3.05) is 6.54 Å². The van der Waals surface area contributed by atoms with E-state index in [1.54, 1.807) is 0 Å². The van der Waals surface area contributed by atoms with E-state index in [0.29, 0.717) is 5.92 Å². The highest BCUT2D eigenvalue weighted by Crippen LogP contribution is 2.14. The predicted molar refractivity (Wildman–Crippen MR) is 65.8 cm³/mol. The smallest absolute Gasteiger partial charge is 0.0741 e. The van der Waals surface area contributed by atoms with Crippen LogP contribution < -0.4 is 5.32 Å². The Morgan fingerprint density at radius 2 is 1.93 bits per heavy atom. The maximum absolute atomic E-state index is 5.42. The molecule has 15 heavy (non-hydrogen) atoms. The zero-order valence-electron chi connectivity index (χ0n) is 9.75. The lowest BCUT2D eigenvalue weighted by Gasteiger charge is -2.22. The molecule has 1 heteroatoms. The first kappa shape index (κ1) is 11.8. The molecule has 0 heterocycles. The Bertz CT molecular complexity index is 332. The van der Waals surface area contributed by atoms with Crippen LogP contribution in [0.4, 0.5) is 0 Å². The van der Waals surface area contributed by atoms with Gasteiger partial charge in [-0.3, -0.25) is 0 Å². The molecule has 0 saturated heterocycles. The van der Waals surface area contributed by atoms with Crippen LogP contribution in [0.25, 0.3) is 0 Å². The summed E-state index contributed by atoms with van der Waals surface area (Å²) in [5.74, 6) is 3.22. The van der Waals surface area contributed by atoms with Gasteiger partial charge in [0.25, 0.3) is 0 Å². The molecule has 1 atom stereocenters. The van der Waals surface area contributed by atoms with Gasteiger partial charge in [-0.15, -0.1) is 6.42 Å². The van der Waals surface area contributed by atoms with Crippen LogP contribution in [0.3, 0.4) is 0 Å². The van der Waals surface area contributed by atoms with Crippen molar-refractivity contribution in [2.24, 2.45) is 0 Å². The van der Waals surface area contributed by atoms with Gasteiger partial charge in [0, 0.05) is 6.54 Å². The molecule has 0 amide bonds. The Hall–Kier alpha value is -1.26. The second kappa shape index (κ2) is 5.00. The van der Waals surface area contributed by atoms with Gasteiger partial charge < -0.3 is 5.32 Å². The molecule has 0 radical (unpaired) electrons. The van der Waals surface area contributed by atoms with E-state index in [1.165, 1.54) is 5.56 Å². The minimum Gasteiger partial charge on any atom is -0.301 e. The fourth-order valence-electron chi connectivity index (χ4n) is 1.36. The van der Waals surface area contributed by atoms with Gasteiger partial charge in [0.15, 0.2) is 0 Å². The molecule has 1 N–H and O–H groups in total. The van der Waals surface area contributed by atoms with Crippen LogP contribution in [0, 0.1) is 12.3 Å². The Morgan fingerprint density at radius 3 is 2.47 bits per heavy atom. The van der Waals surface area contributed by atoms with E-state index in [4.69, 9.17) is 6.42 Å². The summed E-state index contributed by atoms with van der Waals surface area (Å²) in [6.07, 6.45) is 5.42. The first-order valence-electron chi connectivity index (χ1n) is 5.33. The van der Waals surface area contributed by atoms with Crippen LogP contribution >= 0.6 is 0 Å². The standard InChI is InChI=1S/C14H19N/c1-5-14(3,4)15-11-12(2)13-9-7-6-8-10-13/h1,6-10,12,15H,11H2,2-4H3. The third kappa shape index (κ3) is 3.77. The Balaban J connectivity index is 2.52.